The minimum absolute atomic E-state index is 0.0999. The van der Waals surface area contributed by atoms with Crippen LogP contribution in [0.3, 0.4) is 0 Å². The van der Waals surface area contributed by atoms with E-state index in [4.69, 9.17) is 9.47 Å². The predicted octanol–water partition coefficient (Wildman–Crippen LogP) is 3.41. The molecule has 24 heavy (non-hydrogen) atoms. The van der Waals surface area contributed by atoms with Gasteiger partial charge in [-0.2, -0.15) is 0 Å². The summed E-state index contributed by atoms with van der Waals surface area (Å²) in [6.45, 7) is 5.35. The maximum Gasteiger partial charge on any atom is 0.305 e. The van der Waals surface area contributed by atoms with Crippen LogP contribution in [0.5, 0.6) is 0 Å². The van der Waals surface area contributed by atoms with Crippen molar-refractivity contribution in [1.29, 1.82) is 0 Å². The van der Waals surface area contributed by atoms with E-state index in [9.17, 15) is 14.4 Å². The fourth-order valence-corrected chi connectivity index (χ4v) is 2.04. The van der Waals surface area contributed by atoms with Gasteiger partial charge in [-0.15, -0.1) is 0 Å². The Morgan fingerprint density at radius 1 is 0.875 bits per heavy atom. The van der Waals surface area contributed by atoms with Crippen LogP contribution in [0, 0.1) is 5.92 Å². The van der Waals surface area contributed by atoms with Crippen molar-refractivity contribution >= 4 is 18.4 Å². The monoisotopic (exact) mass is 344 g/mol. The molecule has 0 bridgehead atoms. The fraction of sp³-hybridized carbons (Fsp3) is 0.833. The lowest BCUT2D eigenvalue weighted by atomic mass is 10.1. The van der Waals surface area contributed by atoms with Gasteiger partial charge in [0, 0.05) is 12.8 Å². The minimum atomic E-state index is -0.269. The summed E-state index contributed by atoms with van der Waals surface area (Å²) in [5.41, 5.74) is 0. The number of ether oxygens (including phenoxy) is 3. The standard InChI is InChI=1S/C18H32O6/c1-3-16(2)11-12-23-17(20)9-7-5-4-6-8-10-18(21)24-14-13-22-15-19/h15-16H,3-14H2,1-2H3. The van der Waals surface area contributed by atoms with Crippen molar-refractivity contribution in [2.45, 2.75) is 71.6 Å². The van der Waals surface area contributed by atoms with E-state index in [1.54, 1.807) is 0 Å². The molecule has 0 aromatic rings. The van der Waals surface area contributed by atoms with Gasteiger partial charge in [0.2, 0.25) is 0 Å². The molecular formula is C18H32O6. The number of rotatable bonds is 16. The van der Waals surface area contributed by atoms with E-state index in [0.29, 0.717) is 31.8 Å². The van der Waals surface area contributed by atoms with Crippen LogP contribution in [0.2, 0.25) is 0 Å². The van der Waals surface area contributed by atoms with Gasteiger partial charge < -0.3 is 14.2 Å². The topological polar surface area (TPSA) is 78.9 Å². The van der Waals surface area contributed by atoms with Crippen LogP contribution in [0.25, 0.3) is 0 Å². The predicted molar refractivity (Wildman–Crippen MR) is 90.3 cm³/mol. The lowest BCUT2D eigenvalue weighted by Crippen LogP contribution is -2.09. The molecule has 0 saturated heterocycles. The summed E-state index contributed by atoms with van der Waals surface area (Å²) < 4.78 is 14.5. The van der Waals surface area contributed by atoms with Gasteiger partial charge in [0.15, 0.2) is 0 Å². The zero-order valence-corrected chi connectivity index (χ0v) is 15.1. The molecule has 1 atom stereocenters. The van der Waals surface area contributed by atoms with Gasteiger partial charge in [-0.3, -0.25) is 14.4 Å². The summed E-state index contributed by atoms with van der Waals surface area (Å²) in [7, 11) is 0. The Bertz CT molecular complexity index is 342. The number of hydrogen-bond donors (Lipinski definition) is 0. The van der Waals surface area contributed by atoms with E-state index >= 15 is 0 Å². The summed E-state index contributed by atoms with van der Waals surface area (Å²) in [6.07, 6.45) is 7.37. The Hall–Kier alpha value is -1.59. The second-order valence-corrected chi connectivity index (χ2v) is 5.98. The Balaban J connectivity index is 3.33. The molecule has 6 heteroatoms. The normalized spacial score (nSPS) is 11.6. The van der Waals surface area contributed by atoms with E-state index in [1.807, 2.05) is 0 Å². The summed E-state index contributed by atoms with van der Waals surface area (Å²) in [4.78, 5) is 32.7. The fourth-order valence-electron chi connectivity index (χ4n) is 2.04. The Labute approximate surface area is 145 Å². The van der Waals surface area contributed by atoms with Crippen LogP contribution in [0.1, 0.15) is 71.6 Å². The number of unbranched alkanes of at least 4 members (excludes halogenated alkanes) is 4. The summed E-state index contributed by atoms with van der Waals surface area (Å²) in [6, 6.07) is 0. The molecule has 6 nitrogen and oxygen atoms in total. The smallest absolute Gasteiger partial charge is 0.305 e. The molecule has 0 aromatic carbocycles. The lowest BCUT2D eigenvalue weighted by molar-refractivity contribution is -0.147. The SMILES string of the molecule is CCC(C)CCOC(=O)CCCCCCCC(=O)OCCOC=O. The third-order valence-electron chi connectivity index (χ3n) is 3.86. The van der Waals surface area contributed by atoms with Gasteiger partial charge in [0.1, 0.15) is 13.2 Å². The van der Waals surface area contributed by atoms with Gasteiger partial charge in [-0.25, -0.2) is 0 Å². The molecule has 1 unspecified atom stereocenters. The first-order valence-corrected chi connectivity index (χ1v) is 8.96. The van der Waals surface area contributed by atoms with Crippen molar-refractivity contribution in [2.24, 2.45) is 5.92 Å². The maximum absolute atomic E-state index is 11.5. The number of carbonyl (C=O) groups excluding carboxylic acids is 3. The van der Waals surface area contributed by atoms with Gasteiger partial charge in [0.25, 0.3) is 6.47 Å². The molecule has 0 aromatic heterocycles. The number of carbonyl (C=O) groups is 3. The highest BCUT2D eigenvalue weighted by molar-refractivity contribution is 5.69. The summed E-state index contributed by atoms with van der Waals surface area (Å²) in [5, 5.41) is 0. The molecule has 0 rings (SSSR count). The van der Waals surface area contributed by atoms with Crippen LogP contribution >= 0.6 is 0 Å². The quantitative estimate of drug-likeness (QED) is 0.185. The zero-order chi connectivity index (χ0) is 18.0. The molecule has 140 valence electrons. The highest BCUT2D eigenvalue weighted by Gasteiger charge is 2.05. The summed E-state index contributed by atoms with van der Waals surface area (Å²) >= 11 is 0. The minimum Gasteiger partial charge on any atom is -0.466 e. The molecule has 0 heterocycles. The molecule has 0 aliphatic heterocycles. The van der Waals surface area contributed by atoms with E-state index in [-0.39, 0.29) is 25.2 Å². The first-order valence-electron chi connectivity index (χ1n) is 8.96. The van der Waals surface area contributed by atoms with Crippen molar-refractivity contribution in [1.82, 2.24) is 0 Å². The molecule has 0 spiro atoms. The van der Waals surface area contributed by atoms with Crippen LogP contribution in [-0.4, -0.2) is 38.2 Å². The van der Waals surface area contributed by atoms with Gasteiger partial charge in [0.05, 0.1) is 6.61 Å². The van der Waals surface area contributed by atoms with Crippen LogP contribution in [0.15, 0.2) is 0 Å². The van der Waals surface area contributed by atoms with E-state index < -0.39 is 0 Å². The van der Waals surface area contributed by atoms with Crippen molar-refractivity contribution < 1.29 is 28.6 Å². The van der Waals surface area contributed by atoms with Crippen molar-refractivity contribution in [3.05, 3.63) is 0 Å². The Morgan fingerprint density at radius 2 is 1.42 bits per heavy atom. The Kier molecular flexibility index (Phi) is 15.2. The third-order valence-corrected chi connectivity index (χ3v) is 3.86. The van der Waals surface area contributed by atoms with E-state index in [0.717, 1.165) is 44.9 Å². The van der Waals surface area contributed by atoms with Crippen molar-refractivity contribution in [3.8, 4) is 0 Å². The third kappa shape index (κ3) is 15.3. The molecule has 0 amide bonds. The average Bonchev–Trinajstić information content (AvgIpc) is 2.57. The average molecular weight is 344 g/mol. The molecular weight excluding hydrogens is 312 g/mol. The Morgan fingerprint density at radius 3 is 1.96 bits per heavy atom. The zero-order valence-electron chi connectivity index (χ0n) is 15.1. The van der Waals surface area contributed by atoms with Crippen molar-refractivity contribution in [3.63, 3.8) is 0 Å². The maximum atomic E-state index is 11.5. The van der Waals surface area contributed by atoms with Gasteiger partial charge >= 0.3 is 11.9 Å². The van der Waals surface area contributed by atoms with E-state index in [1.165, 1.54) is 0 Å². The highest BCUT2D eigenvalue weighted by atomic mass is 16.6. The molecule has 0 fully saturated rings. The molecule has 0 N–H and O–H groups in total. The van der Waals surface area contributed by atoms with Crippen LogP contribution < -0.4 is 0 Å². The van der Waals surface area contributed by atoms with Crippen LogP contribution in [-0.2, 0) is 28.6 Å². The second-order valence-electron chi connectivity index (χ2n) is 5.98. The molecule has 0 aliphatic carbocycles. The first kappa shape index (κ1) is 22.4. The molecule has 0 radical (unpaired) electrons. The second kappa shape index (κ2) is 16.3. The summed E-state index contributed by atoms with van der Waals surface area (Å²) in [5.74, 6) is 0.218. The largest absolute Gasteiger partial charge is 0.466 e. The van der Waals surface area contributed by atoms with E-state index in [2.05, 4.69) is 18.6 Å². The molecule has 0 aliphatic rings. The number of esters is 2. The van der Waals surface area contributed by atoms with Gasteiger partial charge in [-0.05, 0) is 25.2 Å². The highest BCUT2D eigenvalue weighted by Crippen LogP contribution is 2.10. The van der Waals surface area contributed by atoms with Crippen LogP contribution in [0.4, 0.5) is 0 Å². The first-order chi connectivity index (χ1) is 11.6. The number of hydrogen-bond acceptors (Lipinski definition) is 6. The van der Waals surface area contributed by atoms with Gasteiger partial charge in [-0.1, -0.05) is 39.5 Å². The van der Waals surface area contributed by atoms with Crippen molar-refractivity contribution in [2.75, 3.05) is 19.8 Å². The molecule has 0 saturated carbocycles. The lowest BCUT2D eigenvalue weighted by Gasteiger charge is -2.08.